The molecule has 1 fully saturated rings. The minimum atomic E-state index is -0.0341. The van der Waals surface area contributed by atoms with Crippen LogP contribution >= 0.6 is 0 Å². The minimum absolute atomic E-state index is 0.0341. The SMILES string of the molecule is CCC(=O)N1CCC(NC(=NCc2ccc(OC)cc2)NCC(=O)N(C)C)C1. The third-order valence-corrected chi connectivity index (χ3v) is 4.67. The van der Waals surface area contributed by atoms with Crippen molar-refractivity contribution in [1.82, 2.24) is 20.4 Å². The van der Waals surface area contributed by atoms with E-state index in [1.165, 1.54) is 4.90 Å². The maximum atomic E-state index is 11.9. The van der Waals surface area contributed by atoms with Crippen molar-refractivity contribution >= 4 is 17.8 Å². The van der Waals surface area contributed by atoms with Gasteiger partial charge in [-0.25, -0.2) is 4.99 Å². The number of likely N-dealkylation sites (tertiary alicyclic amines) is 1. The van der Waals surface area contributed by atoms with Gasteiger partial charge in [0.05, 0.1) is 20.2 Å². The van der Waals surface area contributed by atoms with Gasteiger partial charge in [-0.3, -0.25) is 9.59 Å². The number of hydrogen-bond donors (Lipinski definition) is 2. The summed E-state index contributed by atoms with van der Waals surface area (Å²) in [5.74, 6) is 1.50. The average Bonchev–Trinajstić information content (AvgIpc) is 3.17. The summed E-state index contributed by atoms with van der Waals surface area (Å²) >= 11 is 0. The molecule has 0 aromatic heterocycles. The van der Waals surface area contributed by atoms with E-state index in [4.69, 9.17) is 4.74 Å². The molecule has 1 saturated heterocycles. The van der Waals surface area contributed by atoms with E-state index >= 15 is 0 Å². The number of benzene rings is 1. The van der Waals surface area contributed by atoms with Crippen LogP contribution in [0.1, 0.15) is 25.3 Å². The molecule has 8 heteroatoms. The topological polar surface area (TPSA) is 86.3 Å². The standard InChI is InChI=1S/C20H31N5O3/c1-5-18(26)25-11-10-16(14-25)23-20(22-13-19(27)24(2)3)21-12-15-6-8-17(28-4)9-7-15/h6-9,16H,5,10-14H2,1-4H3,(H2,21,22,23). The van der Waals surface area contributed by atoms with Gasteiger partial charge in [-0.1, -0.05) is 19.1 Å². The maximum absolute atomic E-state index is 11.9. The number of carbonyl (C=O) groups excluding carboxylic acids is 2. The Bertz CT molecular complexity index is 688. The molecule has 1 atom stereocenters. The molecular weight excluding hydrogens is 358 g/mol. The summed E-state index contributed by atoms with van der Waals surface area (Å²) in [4.78, 5) is 31.8. The van der Waals surface area contributed by atoms with Crippen molar-refractivity contribution in [3.8, 4) is 5.75 Å². The molecule has 2 amide bonds. The Morgan fingerprint density at radius 2 is 2.00 bits per heavy atom. The molecule has 1 heterocycles. The highest BCUT2D eigenvalue weighted by Crippen LogP contribution is 2.13. The van der Waals surface area contributed by atoms with E-state index in [-0.39, 0.29) is 24.4 Å². The van der Waals surface area contributed by atoms with E-state index in [2.05, 4.69) is 15.6 Å². The average molecular weight is 390 g/mol. The van der Waals surface area contributed by atoms with Gasteiger partial charge < -0.3 is 25.2 Å². The lowest BCUT2D eigenvalue weighted by atomic mass is 10.2. The van der Waals surface area contributed by atoms with E-state index in [1.807, 2.05) is 36.1 Å². The van der Waals surface area contributed by atoms with Crippen molar-refractivity contribution in [2.24, 2.45) is 4.99 Å². The second-order valence-electron chi connectivity index (χ2n) is 6.98. The summed E-state index contributed by atoms with van der Waals surface area (Å²) in [5, 5.41) is 6.46. The Kier molecular flexibility index (Phi) is 8.10. The second-order valence-corrected chi connectivity index (χ2v) is 6.98. The highest BCUT2D eigenvalue weighted by atomic mass is 16.5. The summed E-state index contributed by atoms with van der Waals surface area (Å²) < 4.78 is 5.17. The molecule has 1 aliphatic heterocycles. The maximum Gasteiger partial charge on any atom is 0.241 e. The molecule has 1 aliphatic rings. The molecule has 0 aliphatic carbocycles. The Balaban J connectivity index is 2.01. The Labute approximate surface area is 166 Å². The van der Waals surface area contributed by atoms with E-state index in [9.17, 15) is 9.59 Å². The monoisotopic (exact) mass is 389 g/mol. The molecule has 8 nitrogen and oxygen atoms in total. The highest BCUT2D eigenvalue weighted by Gasteiger charge is 2.26. The van der Waals surface area contributed by atoms with Gasteiger partial charge in [0, 0.05) is 39.6 Å². The van der Waals surface area contributed by atoms with Crippen LogP contribution < -0.4 is 15.4 Å². The van der Waals surface area contributed by atoms with E-state index in [0.29, 0.717) is 25.5 Å². The van der Waals surface area contributed by atoms with Crippen LogP contribution in [0, 0.1) is 0 Å². The quantitative estimate of drug-likeness (QED) is 0.533. The first-order chi connectivity index (χ1) is 13.4. The molecule has 0 radical (unpaired) electrons. The fourth-order valence-electron chi connectivity index (χ4n) is 2.89. The van der Waals surface area contributed by atoms with Gasteiger partial charge in [0.2, 0.25) is 11.8 Å². The zero-order chi connectivity index (χ0) is 20.5. The number of nitrogens with one attached hydrogen (secondary N) is 2. The lowest BCUT2D eigenvalue weighted by molar-refractivity contribution is -0.130. The first kappa shape index (κ1) is 21.5. The number of nitrogens with zero attached hydrogens (tertiary/aromatic N) is 3. The Hall–Kier alpha value is -2.77. The van der Waals surface area contributed by atoms with E-state index in [1.54, 1.807) is 21.2 Å². The summed E-state index contributed by atoms with van der Waals surface area (Å²) in [5.41, 5.74) is 1.04. The normalized spacial score (nSPS) is 16.6. The van der Waals surface area contributed by atoms with Gasteiger partial charge in [-0.05, 0) is 24.1 Å². The van der Waals surface area contributed by atoms with E-state index in [0.717, 1.165) is 24.3 Å². The van der Waals surface area contributed by atoms with E-state index < -0.39 is 0 Å². The molecule has 1 aromatic carbocycles. The third kappa shape index (κ3) is 6.44. The Morgan fingerprint density at radius 3 is 2.61 bits per heavy atom. The fourth-order valence-corrected chi connectivity index (χ4v) is 2.89. The molecule has 28 heavy (non-hydrogen) atoms. The van der Waals surface area contributed by atoms with Gasteiger partial charge in [-0.2, -0.15) is 0 Å². The van der Waals surface area contributed by atoms with Gasteiger partial charge in [0.25, 0.3) is 0 Å². The predicted octanol–water partition coefficient (Wildman–Crippen LogP) is 0.830. The van der Waals surface area contributed by atoms with Crippen LogP contribution in [-0.4, -0.2) is 74.5 Å². The van der Waals surface area contributed by atoms with Crippen LogP contribution in [0.2, 0.25) is 0 Å². The first-order valence-electron chi connectivity index (χ1n) is 9.58. The molecule has 0 saturated carbocycles. The number of guanidine groups is 1. The smallest absolute Gasteiger partial charge is 0.241 e. The summed E-state index contributed by atoms with van der Waals surface area (Å²) in [6.07, 6.45) is 1.37. The number of aliphatic imine (C=N–C) groups is 1. The fraction of sp³-hybridized carbons (Fsp3) is 0.550. The van der Waals surface area contributed by atoms with Crippen molar-refractivity contribution < 1.29 is 14.3 Å². The zero-order valence-electron chi connectivity index (χ0n) is 17.2. The van der Waals surface area contributed by atoms with Crippen molar-refractivity contribution in [2.75, 3.05) is 40.8 Å². The van der Waals surface area contributed by atoms with Crippen molar-refractivity contribution in [2.45, 2.75) is 32.4 Å². The van der Waals surface area contributed by atoms with Crippen LogP contribution in [0.15, 0.2) is 29.3 Å². The number of amides is 2. The summed E-state index contributed by atoms with van der Waals surface area (Å²) in [7, 11) is 5.07. The number of methoxy groups -OCH3 is 1. The second kappa shape index (κ2) is 10.5. The molecule has 2 N–H and O–H groups in total. The van der Waals surface area contributed by atoms with Gasteiger partial charge in [0.1, 0.15) is 5.75 Å². The zero-order valence-corrected chi connectivity index (χ0v) is 17.2. The molecular formula is C20H31N5O3. The number of likely N-dealkylation sites (N-methyl/N-ethyl adjacent to an activating group) is 1. The Morgan fingerprint density at radius 1 is 1.29 bits per heavy atom. The third-order valence-electron chi connectivity index (χ3n) is 4.67. The van der Waals surface area contributed by atoms with Gasteiger partial charge in [0.15, 0.2) is 5.96 Å². The number of carbonyl (C=O) groups is 2. The predicted molar refractivity (Wildman–Crippen MR) is 109 cm³/mol. The van der Waals surface area contributed by atoms with Crippen LogP contribution in [0.5, 0.6) is 5.75 Å². The van der Waals surface area contributed by atoms with Crippen LogP contribution in [-0.2, 0) is 16.1 Å². The van der Waals surface area contributed by atoms with Crippen LogP contribution in [0.25, 0.3) is 0 Å². The van der Waals surface area contributed by atoms with Crippen molar-refractivity contribution in [3.63, 3.8) is 0 Å². The highest BCUT2D eigenvalue weighted by molar-refractivity contribution is 5.86. The molecule has 1 unspecified atom stereocenters. The van der Waals surface area contributed by atoms with Crippen molar-refractivity contribution in [3.05, 3.63) is 29.8 Å². The van der Waals surface area contributed by atoms with Crippen molar-refractivity contribution in [1.29, 1.82) is 0 Å². The van der Waals surface area contributed by atoms with Crippen LogP contribution in [0.4, 0.5) is 0 Å². The summed E-state index contributed by atoms with van der Waals surface area (Å²) in [6.45, 7) is 3.90. The lowest BCUT2D eigenvalue weighted by Crippen LogP contribution is -2.47. The minimum Gasteiger partial charge on any atom is -0.497 e. The van der Waals surface area contributed by atoms with Gasteiger partial charge in [-0.15, -0.1) is 0 Å². The lowest BCUT2D eigenvalue weighted by Gasteiger charge is -2.19. The molecule has 2 rings (SSSR count). The first-order valence-corrected chi connectivity index (χ1v) is 9.58. The molecule has 1 aromatic rings. The number of ether oxygens (including phenoxy) is 1. The number of rotatable bonds is 7. The number of hydrogen-bond acceptors (Lipinski definition) is 4. The molecule has 0 bridgehead atoms. The largest absolute Gasteiger partial charge is 0.497 e. The molecule has 154 valence electrons. The van der Waals surface area contributed by atoms with Gasteiger partial charge >= 0.3 is 0 Å². The summed E-state index contributed by atoms with van der Waals surface area (Å²) in [6, 6.07) is 7.83. The molecule has 0 spiro atoms. The van der Waals surface area contributed by atoms with Crippen LogP contribution in [0.3, 0.4) is 0 Å².